The molecule has 1 aromatic carbocycles. The number of nitrogens with one attached hydrogen (secondary N) is 2. The summed E-state index contributed by atoms with van der Waals surface area (Å²) in [5, 5.41) is 23.1. The standard InChI is InChI=1S/C22H16ClN5O2S2/c23-13-7-5-12(6-8-13)19-16(10-25)20(30)28-22(27-19)31-11-18(29)26-21-15(9-24)14-3-1-2-4-17(14)32-21/h5-8H,1-4,11H2,(H,26,29)(H,27,28,30). The van der Waals surface area contributed by atoms with Gasteiger partial charge in [0.15, 0.2) is 5.16 Å². The van der Waals surface area contributed by atoms with Gasteiger partial charge in [0.2, 0.25) is 5.91 Å². The van der Waals surface area contributed by atoms with Crippen molar-refractivity contribution in [2.24, 2.45) is 0 Å². The van der Waals surface area contributed by atoms with Gasteiger partial charge in [0.1, 0.15) is 22.7 Å². The first kappa shape index (κ1) is 22.1. The first-order valence-electron chi connectivity index (χ1n) is 9.77. The molecule has 4 rings (SSSR count). The number of nitrogens with zero attached hydrogens (tertiary/aromatic N) is 3. The quantitative estimate of drug-likeness (QED) is 0.408. The Bertz CT molecular complexity index is 1330. The minimum atomic E-state index is -0.576. The van der Waals surface area contributed by atoms with E-state index in [-0.39, 0.29) is 28.1 Å². The van der Waals surface area contributed by atoms with Crippen LogP contribution in [-0.2, 0) is 17.6 Å². The van der Waals surface area contributed by atoms with E-state index in [1.807, 2.05) is 6.07 Å². The average molecular weight is 482 g/mol. The third-order valence-corrected chi connectivity index (χ3v) is 7.34. The second-order valence-electron chi connectivity index (χ2n) is 7.08. The fourth-order valence-electron chi connectivity index (χ4n) is 3.51. The van der Waals surface area contributed by atoms with Gasteiger partial charge in [-0.3, -0.25) is 9.59 Å². The zero-order valence-electron chi connectivity index (χ0n) is 16.7. The highest BCUT2D eigenvalue weighted by Crippen LogP contribution is 2.37. The van der Waals surface area contributed by atoms with Gasteiger partial charge in [-0.2, -0.15) is 10.5 Å². The van der Waals surface area contributed by atoms with Crippen molar-refractivity contribution in [2.75, 3.05) is 11.1 Å². The number of anilines is 1. The predicted molar refractivity (Wildman–Crippen MR) is 125 cm³/mol. The lowest BCUT2D eigenvalue weighted by molar-refractivity contribution is -0.113. The van der Waals surface area contributed by atoms with E-state index >= 15 is 0 Å². The van der Waals surface area contributed by atoms with E-state index in [9.17, 15) is 20.1 Å². The van der Waals surface area contributed by atoms with Gasteiger partial charge < -0.3 is 10.3 Å². The molecule has 0 fully saturated rings. The monoisotopic (exact) mass is 481 g/mol. The Morgan fingerprint density at radius 2 is 1.91 bits per heavy atom. The van der Waals surface area contributed by atoms with E-state index in [4.69, 9.17) is 11.6 Å². The molecule has 0 saturated heterocycles. The lowest BCUT2D eigenvalue weighted by atomic mass is 9.96. The summed E-state index contributed by atoms with van der Waals surface area (Å²) in [6, 6.07) is 10.7. The molecule has 0 spiro atoms. The van der Waals surface area contributed by atoms with Crippen LogP contribution in [0.5, 0.6) is 0 Å². The molecule has 32 heavy (non-hydrogen) atoms. The molecule has 3 aromatic rings. The largest absolute Gasteiger partial charge is 0.316 e. The minimum absolute atomic E-state index is 0.0116. The SMILES string of the molecule is N#Cc1c(NC(=O)CSc2nc(-c3ccc(Cl)cc3)c(C#N)c(=O)[nH]2)sc2c1CCCC2. The number of halogens is 1. The number of carbonyl (C=O) groups excluding carboxylic acids is 1. The highest BCUT2D eigenvalue weighted by Gasteiger charge is 2.22. The fourth-order valence-corrected chi connectivity index (χ4v) is 5.55. The van der Waals surface area contributed by atoms with Crippen molar-refractivity contribution in [1.29, 1.82) is 10.5 Å². The van der Waals surface area contributed by atoms with E-state index in [2.05, 4.69) is 21.4 Å². The number of aromatic amines is 1. The van der Waals surface area contributed by atoms with Crippen LogP contribution in [0.1, 0.15) is 34.4 Å². The number of H-pyrrole nitrogens is 1. The van der Waals surface area contributed by atoms with E-state index in [1.165, 1.54) is 16.2 Å². The maximum absolute atomic E-state index is 12.5. The molecule has 160 valence electrons. The van der Waals surface area contributed by atoms with Gasteiger partial charge in [-0.05, 0) is 43.4 Å². The number of aromatic nitrogens is 2. The van der Waals surface area contributed by atoms with Crippen LogP contribution in [-0.4, -0.2) is 21.6 Å². The van der Waals surface area contributed by atoms with Crippen LogP contribution < -0.4 is 10.9 Å². The van der Waals surface area contributed by atoms with Gasteiger partial charge in [-0.1, -0.05) is 35.5 Å². The van der Waals surface area contributed by atoms with Crippen molar-refractivity contribution in [3.05, 3.63) is 61.2 Å². The molecule has 1 aliphatic rings. The molecule has 2 N–H and O–H groups in total. The smallest absolute Gasteiger partial charge is 0.270 e. The number of thioether (sulfide) groups is 1. The first-order chi connectivity index (χ1) is 15.5. The van der Waals surface area contributed by atoms with Crippen LogP contribution in [0.15, 0.2) is 34.2 Å². The molecule has 2 aromatic heterocycles. The number of carbonyl (C=O) groups is 1. The number of rotatable bonds is 5. The van der Waals surface area contributed by atoms with Crippen LogP contribution in [0.25, 0.3) is 11.3 Å². The Morgan fingerprint density at radius 1 is 1.19 bits per heavy atom. The van der Waals surface area contributed by atoms with Crippen LogP contribution in [0, 0.1) is 22.7 Å². The molecule has 0 unspecified atom stereocenters. The van der Waals surface area contributed by atoms with Crippen molar-refractivity contribution in [2.45, 2.75) is 30.8 Å². The van der Waals surface area contributed by atoms with Crippen molar-refractivity contribution in [3.63, 3.8) is 0 Å². The van der Waals surface area contributed by atoms with Crippen LogP contribution in [0.3, 0.4) is 0 Å². The van der Waals surface area contributed by atoms with Gasteiger partial charge >= 0.3 is 0 Å². The number of benzene rings is 1. The van der Waals surface area contributed by atoms with Crippen molar-refractivity contribution < 1.29 is 4.79 Å². The van der Waals surface area contributed by atoms with E-state index < -0.39 is 5.56 Å². The number of amides is 1. The molecular weight excluding hydrogens is 466 g/mol. The Morgan fingerprint density at radius 3 is 2.62 bits per heavy atom. The molecule has 10 heteroatoms. The average Bonchev–Trinajstić information content (AvgIpc) is 3.14. The molecule has 0 bridgehead atoms. The van der Waals surface area contributed by atoms with Gasteiger partial charge in [0, 0.05) is 15.5 Å². The van der Waals surface area contributed by atoms with E-state index in [0.717, 1.165) is 43.0 Å². The summed E-state index contributed by atoms with van der Waals surface area (Å²) in [7, 11) is 0. The predicted octanol–water partition coefficient (Wildman–Crippen LogP) is 4.50. The molecule has 0 aliphatic heterocycles. The minimum Gasteiger partial charge on any atom is -0.316 e. The Balaban J connectivity index is 1.52. The van der Waals surface area contributed by atoms with Crippen molar-refractivity contribution in [3.8, 4) is 23.4 Å². The maximum atomic E-state index is 12.5. The maximum Gasteiger partial charge on any atom is 0.270 e. The third kappa shape index (κ3) is 4.56. The first-order valence-corrected chi connectivity index (χ1v) is 12.0. The second kappa shape index (κ2) is 9.58. The molecule has 0 atom stereocenters. The number of aryl methyl sites for hydroxylation is 1. The number of hydrogen-bond acceptors (Lipinski definition) is 7. The van der Waals surface area contributed by atoms with Crippen molar-refractivity contribution in [1.82, 2.24) is 9.97 Å². The lowest BCUT2D eigenvalue weighted by Gasteiger charge is -2.09. The lowest BCUT2D eigenvalue weighted by Crippen LogP contribution is -2.17. The van der Waals surface area contributed by atoms with E-state index in [0.29, 0.717) is 21.2 Å². The summed E-state index contributed by atoms with van der Waals surface area (Å²) < 4.78 is 0. The Hall–Kier alpha value is -3.11. The second-order valence-corrected chi connectivity index (χ2v) is 9.58. The highest BCUT2D eigenvalue weighted by molar-refractivity contribution is 7.99. The summed E-state index contributed by atoms with van der Waals surface area (Å²) >= 11 is 8.43. The van der Waals surface area contributed by atoms with Crippen LogP contribution in [0.2, 0.25) is 5.02 Å². The Kier molecular flexibility index (Phi) is 6.61. The summed E-state index contributed by atoms with van der Waals surface area (Å²) in [5.41, 5.74) is 1.73. The zero-order chi connectivity index (χ0) is 22.7. The summed E-state index contributed by atoms with van der Waals surface area (Å²) in [6.45, 7) is 0. The van der Waals surface area contributed by atoms with Crippen LogP contribution in [0.4, 0.5) is 5.00 Å². The number of thiophene rings is 1. The molecule has 2 heterocycles. The van der Waals surface area contributed by atoms with Crippen molar-refractivity contribution >= 4 is 45.6 Å². The number of hydrogen-bond donors (Lipinski definition) is 2. The van der Waals surface area contributed by atoms with Gasteiger partial charge in [0.05, 0.1) is 17.0 Å². The summed E-state index contributed by atoms with van der Waals surface area (Å²) in [4.78, 5) is 33.0. The van der Waals surface area contributed by atoms with Gasteiger partial charge in [-0.15, -0.1) is 11.3 Å². The van der Waals surface area contributed by atoms with Gasteiger partial charge in [-0.25, -0.2) is 4.98 Å². The van der Waals surface area contributed by atoms with Gasteiger partial charge in [0.25, 0.3) is 5.56 Å². The molecule has 7 nitrogen and oxygen atoms in total. The topological polar surface area (TPSA) is 122 Å². The number of fused-ring (bicyclic) bond motifs is 1. The fraction of sp³-hybridized carbons (Fsp3) is 0.227. The van der Waals surface area contributed by atoms with Crippen LogP contribution >= 0.6 is 34.7 Å². The zero-order valence-corrected chi connectivity index (χ0v) is 19.1. The Labute approximate surface area is 197 Å². The third-order valence-electron chi connectivity index (χ3n) is 5.00. The molecular formula is C22H16ClN5O2S2. The summed E-state index contributed by atoms with van der Waals surface area (Å²) in [5.74, 6) is -0.312. The van der Waals surface area contributed by atoms with E-state index in [1.54, 1.807) is 24.3 Å². The molecule has 1 aliphatic carbocycles. The summed E-state index contributed by atoms with van der Waals surface area (Å²) in [6.07, 6.45) is 3.94. The normalized spacial score (nSPS) is 12.5. The molecule has 0 radical (unpaired) electrons. The number of nitriles is 2. The molecule has 0 saturated carbocycles. The molecule has 1 amide bonds. The highest BCUT2D eigenvalue weighted by atomic mass is 35.5.